The van der Waals surface area contributed by atoms with Crippen molar-refractivity contribution in [1.29, 1.82) is 5.26 Å². The van der Waals surface area contributed by atoms with Gasteiger partial charge in [0.15, 0.2) is 11.5 Å². The van der Waals surface area contributed by atoms with Crippen LogP contribution in [-0.4, -0.2) is 35.5 Å². The van der Waals surface area contributed by atoms with Gasteiger partial charge in [0.05, 0.1) is 11.1 Å². The smallest absolute Gasteiger partial charge is 0.354 e. The van der Waals surface area contributed by atoms with Crippen molar-refractivity contribution in [2.45, 2.75) is 19.0 Å². The van der Waals surface area contributed by atoms with E-state index in [9.17, 15) is 18.0 Å². The molecule has 0 bridgehead atoms. The molecular weight excluding hydrogens is 371 g/mol. The summed E-state index contributed by atoms with van der Waals surface area (Å²) in [7, 11) is 0. The van der Waals surface area contributed by atoms with Crippen LogP contribution in [0.25, 0.3) is 0 Å². The van der Waals surface area contributed by atoms with E-state index in [1.165, 1.54) is 30.6 Å². The van der Waals surface area contributed by atoms with Gasteiger partial charge in [-0.25, -0.2) is 9.97 Å². The molecule has 0 spiro atoms. The topological polar surface area (TPSA) is 81.9 Å². The Kier molecular flexibility index (Phi) is 5.78. The Bertz CT molecular complexity index is 886. The molecule has 0 saturated carbocycles. The zero-order valence-electron chi connectivity index (χ0n) is 14.9. The van der Waals surface area contributed by atoms with E-state index in [-0.39, 0.29) is 17.2 Å². The minimum atomic E-state index is -4.57. The summed E-state index contributed by atoms with van der Waals surface area (Å²) < 4.78 is 39.2. The van der Waals surface area contributed by atoms with Crippen molar-refractivity contribution >= 4 is 11.7 Å². The number of piperidine rings is 1. The quantitative estimate of drug-likeness (QED) is 0.869. The number of carbonyl (C=O) groups excluding carboxylic acids is 1. The number of rotatable bonds is 4. The normalized spacial score (nSPS) is 15.1. The highest BCUT2D eigenvalue weighted by molar-refractivity contribution is 5.95. The lowest BCUT2D eigenvalue weighted by Crippen LogP contribution is -2.39. The summed E-state index contributed by atoms with van der Waals surface area (Å²) in [6, 6.07) is 6.77. The van der Waals surface area contributed by atoms with Crippen molar-refractivity contribution in [2.75, 3.05) is 24.5 Å². The Balaban J connectivity index is 1.57. The van der Waals surface area contributed by atoms with Crippen LogP contribution in [0.1, 0.15) is 34.5 Å². The van der Waals surface area contributed by atoms with Gasteiger partial charge in [-0.3, -0.25) is 4.79 Å². The number of halogens is 3. The summed E-state index contributed by atoms with van der Waals surface area (Å²) in [5.41, 5.74) is -1.04. The molecule has 1 saturated heterocycles. The molecule has 1 N–H and O–H groups in total. The molecule has 2 aromatic rings. The molecule has 1 amide bonds. The third-order valence-electron chi connectivity index (χ3n) is 4.73. The van der Waals surface area contributed by atoms with Gasteiger partial charge in [0.1, 0.15) is 6.07 Å². The van der Waals surface area contributed by atoms with Crippen LogP contribution in [-0.2, 0) is 6.18 Å². The number of nitrogens with one attached hydrogen (secondary N) is 1. The van der Waals surface area contributed by atoms with E-state index in [1.54, 1.807) is 0 Å². The van der Waals surface area contributed by atoms with Gasteiger partial charge < -0.3 is 10.2 Å². The van der Waals surface area contributed by atoms with E-state index in [0.717, 1.165) is 18.9 Å². The first-order valence-electron chi connectivity index (χ1n) is 8.80. The first-order chi connectivity index (χ1) is 13.4. The van der Waals surface area contributed by atoms with Gasteiger partial charge in [0.25, 0.3) is 5.91 Å². The molecule has 9 heteroatoms. The Labute approximate surface area is 160 Å². The minimum Gasteiger partial charge on any atom is -0.354 e. The van der Waals surface area contributed by atoms with Gasteiger partial charge >= 0.3 is 6.18 Å². The maximum absolute atomic E-state index is 13.1. The second-order valence-corrected chi connectivity index (χ2v) is 6.52. The van der Waals surface area contributed by atoms with Crippen LogP contribution < -0.4 is 10.2 Å². The summed E-state index contributed by atoms with van der Waals surface area (Å²) in [4.78, 5) is 22.4. The van der Waals surface area contributed by atoms with E-state index in [4.69, 9.17) is 5.26 Å². The first-order valence-corrected chi connectivity index (χ1v) is 8.80. The van der Waals surface area contributed by atoms with Gasteiger partial charge in [-0.15, -0.1) is 0 Å². The molecule has 28 heavy (non-hydrogen) atoms. The number of anilines is 1. The molecular formula is C19H18F3N5O. The van der Waals surface area contributed by atoms with Crippen LogP contribution >= 0.6 is 0 Å². The molecule has 0 aliphatic carbocycles. The highest BCUT2D eigenvalue weighted by atomic mass is 19.4. The molecule has 3 rings (SSSR count). The zero-order valence-corrected chi connectivity index (χ0v) is 14.9. The predicted molar refractivity (Wildman–Crippen MR) is 95.5 cm³/mol. The Morgan fingerprint density at radius 2 is 1.89 bits per heavy atom. The predicted octanol–water partition coefficient (Wildman–Crippen LogP) is 3.01. The minimum absolute atomic E-state index is 0.139. The molecule has 0 unspecified atom stereocenters. The standard InChI is InChI=1S/C19H18F3N5O/c20-19(21,22)15-4-2-1-3-14(15)18(28)26-12-13-5-9-27(10-6-13)17-16(11-23)24-7-8-25-17/h1-4,7-8,13H,5-6,9-10,12H2,(H,26,28). The second kappa shape index (κ2) is 8.25. The van der Waals surface area contributed by atoms with Crippen molar-refractivity contribution in [1.82, 2.24) is 15.3 Å². The van der Waals surface area contributed by atoms with Crippen molar-refractivity contribution < 1.29 is 18.0 Å². The highest BCUT2D eigenvalue weighted by Crippen LogP contribution is 2.32. The van der Waals surface area contributed by atoms with Crippen LogP contribution in [0.4, 0.5) is 19.0 Å². The van der Waals surface area contributed by atoms with Crippen LogP contribution in [0.3, 0.4) is 0 Å². The first kappa shape index (κ1) is 19.6. The van der Waals surface area contributed by atoms with Crippen molar-refractivity contribution in [3.8, 4) is 6.07 Å². The Morgan fingerprint density at radius 3 is 2.57 bits per heavy atom. The Hall–Kier alpha value is -3.15. The maximum atomic E-state index is 13.1. The molecule has 0 radical (unpaired) electrons. The average Bonchev–Trinajstić information content (AvgIpc) is 2.71. The van der Waals surface area contributed by atoms with Crippen LogP contribution in [0.15, 0.2) is 36.7 Å². The summed E-state index contributed by atoms with van der Waals surface area (Å²) in [5, 5.41) is 11.7. The van der Waals surface area contributed by atoms with Gasteiger partial charge in [0.2, 0.25) is 0 Å². The van der Waals surface area contributed by atoms with Crippen molar-refractivity contribution in [2.24, 2.45) is 5.92 Å². The van der Waals surface area contributed by atoms with Gasteiger partial charge in [-0.2, -0.15) is 18.4 Å². The number of carbonyl (C=O) groups is 1. The third-order valence-corrected chi connectivity index (χ3v) is 4.73. The molecule has 1 aliphatic rings. The fourth-order valence-electron chi connectivity index (χ4n) is 3.25. The summed E-state index contributed by atoms with van der Waals surface area (Å²) in [6.07, 6.45) is -0.135. The Morgan fingerprint density at radius 1 is 1.21 bits per heavy atom. The van der Waals surface area contributed by atoms with Crippen LogP contribution in [0.5, 0.6) is 0 Å². The fourth-order valence-corrected chi connectivity index (χ4v) is 3.25. The lowest BCUT2D eigenvalue weighted by Gasteiger charge is -2.33. The maximum Gasteiger partial charge on any atom is 0.417 e. The number of benzene rings is 1. The van der Waals surface area contributed by atoms with Crippen LogP contribution in [0, 0.1) is 17.2 Å². The largest absolute Gasteiger partial charge is 0.417 e. The fraction of sp³-hybridized carbons (Fsp3) is 0.368. The molecule has 0 atom stereocenters. The van der Waals surface area contributed by atoms with E-state index in [2.05, 4.69) is 15.3 Å². The summed E-state index contributed by atoms with van der Waals surface area (Å²) in [5.74, 6) is -0.0527. The van der Waals surface area contributed by atoms with Gasteiger partial charge in [-0.05, 0) is 30.9 Å². The van der Waals surface area contributed by atoms with E-state index >= 15 is 0 Å². The van der Waals surface area contributed by atoms with E-state index in [0.29, 0.717) is 25.5 Å². The van der Waals surface area contributed by atoms with E-state index < -0.39 is 17.6 Å². The second-order valence-electron chi connectivity index (χ2n) is 6.52. The molecule has 2 heterocycles. The highest BCUT2D eigenvalue weighted by Gasteiger charge is 2.35. The van der Waals surface area contributed by atoms with Crippen LogP contribution in [0.2, 0.25) is 0 Å². The summed E-state index contributed by atoms with van der Waals surface area (Å²) in [6.45, 7) is 1.56. The molecule has 146 valence electrons. The molecule has 1 aliphatic heterocycles. The molecule has 1 aromatic carbocycles. The number of hydrogen-bond acceptors (Lipinski definition) is 5. The monoisotopic (exact) mass is 389 g/mol. The number of nitriles is 1. The molecule has 1 fully saturated rings. The SMILES string of the molecule is N#Cc1nccnc1N1CCC(CNC(=O)c2ccccc2C(F)(F)F)CC1. The number of nitrogens with zero attached hydrogens (tertiary/aromatic N) is 4. The number of aromatic nitrogens is 2. The molecule has 1 aromatic heterocycles. The summed E-state index contributed by atoms with van der Waals surface area (Å²) >= 11 is 0. The lowest BCUT2D eigenvalue weighted by atomic mass is 9.96. The van der Waals surface area contributed by atoms with Crippen molar-refractivity contribution in [3.05, 3.63) is 53.5 Å². The lowest BCUT2D eigenvalue weighted by molar-refractivity contribution is -0.137. The van der Waals surface area contributed by atoms with E-state index in [1.807, 2.05) is 11.0 Å². The van der Waals surface area contributed by atoms with Crippen molar-refractivity contribution in [3.63, 3.8) is 0 Å². The van der Waals surface area contributed by atoms with Gasteiger partial charge in [0, 0.05) is 32.0 Å². The number of alkyl halides is 3. The zero-order chi connectivity index (χ0) is 20.1. The van der Waals surface area contributed by atoms with Gasteiger partial charge in [-0.1, -0.05) is 12.1 Å². The number of hydrogen-bond donors (Lipinski definition) is 1. The average molecular weight is 389 g/mol. The number of amides is 1. The molecule has 6 nitrogen and oxygen atoms in total. The third kappa shape index (κ3) is 4.39.